The van der Waals surface area contributed by atoms with Crippen LogP contribution in [0.3, 0.4) is 0 Å². The SMILES string of the molecule is CC(C)(C)c1cc(Cl)n2nc(CC(F)(F)F)nc2c1. The number of hydrogen-bond acceptors (Lipinski definition) is 2. The van der Waals surface area contributed by atoms with E-state index in [9.17, 15) is 13.2 Å². The van der Waals surface area contributed by atoms with Gasteiger partial charge in [-0.1, -0.05) is 32.4 Å². The summed E-state index contributed by atoms with van der Waals surface area (Å²) in [4.78, 5) is 3.88. The van der Waals surface area contributed by atoms with Crippen LogP contribution in [0.5, 0.6) is 0 Å². The molecule has 0 fully saturated rings. The van der Waals surface area contributed by atoms with Crippen molar-refractivity contribution in [2.45, 2.75) is 38.8 Å². The molecule has 19 heavy (non-hydrogen) atoms. The van der Waals surface area contributed by atoms with Gasteiger partial charge in [-0.3, -0.25) is 0 Å². The molecule has 2 aromatic heterocycles. The third kappa shape index (κ3) is 3.18. The van der Waals surface area contributed by atoms with Gasteiger partial charge in [0.05, 0.1) is 0 Å². The van der Waals surface area contributed by atoms with Crippen LogP contribution >= 0.6 is 11.6 Å². The summed E-state index contributed by atoms with van der Waals surface area (Å²) >= 11 is 6.03. The summed E-state index contributed by atoms with van der Waals surface area (Å²) in [7, 11) is 0. The van der Waals surface area contributed by atoms with Crippen molar-refractivity contribution in [3.05, 3.63) is 28.7 Å². The predicted molar refractivity (Wildman–Crippen MR) is 66.5 cm³/mol. The van der Waals surface area contributed by atoms with Crippen molar-refractivity contribution < 1.29 is 13.2 Å². The van der Waals surface area contributed by atoms with Gasteiger partial charge < -0.3 is 0 Å². The molecule has 104 valence electrons. The average molecular weight is 292 g/mol. The van der Waals surface area contributed by atoms with E-state index in [0.29, 0.717) is 5.65 Å². The molecule has 0 aliphatic heterocycles. The minimum absolute atomic E-state index is 0.165. The maximum Gasteiger partial charge on any atom is 0.396 e. The first-order valence-corrected chi connectivity index (χ1v) is 6.06. The molecule has 7 heteroatoms. The third-order valence-electron chi connectivity index (χ3n) is 2.66. The van der Waals surface area contributed by atoms with Crippen molar-refractivity contribution in [3.8, 4) is 0 Å². The number of aromatic nitrogens is 3. The van der Waals surface area contributed by atoms with Crippen molar-refractivity contribution in [3.63, 3.8) is 0 Å². The van der Waals surface area contributed by atoms with E-state index >= 15 is 0 Å². The van der Waals surface area contributed by atoms with E-state index < -0.39 is 12.6 Å². The first kappa shape index (κ1) is 14.1. The number of rotatable bonds is 1. The molecular formula is C12H13ClF3N3. The molecule has 0 bridgehead atoms. The molecule has 2 rings (SSSR count). The van der Waals surface area contributed by atoms with Gasteiger partial charge in [-0.05, 0) is 23.1 Å². The quantitative estimate of drug-likeness (QED) is 0.748. The van der Waals surface area contributed by atoms with Gasteiger partial charge in [0, 0.05) is 0 Å². The van der Waals surface area contributed by atoms with Crippen LogP contribution in [0.1, 0.15) is 32.2 Å². The summed E-state index contributed by atoms with van der Waals surface area (Å²) in [5.41, 5.74) is 1.06. The molecule has 0 aliphatic rings. The Morgan fingerprint density at radius 3 is 2.37 bits per heavy atom. The molecule has 0 N–H and O–H groups in total. The van der Waals surface area contributed by atoms with Crippen LogP contribution in [0.15, 0.2) is 12.1 Å². The molecule has 0 atom stereocenters. The smallest absolute Gasteiger partial charge is 0.211 e. The number of hydrogen-bond donors (Lipinski definition) is 0. The van der Waals surface area contributed by atoms with Crippen molar-refractivity contribution in [2.24, 2.45) is 0 Å². The molecule has 0 spiro atoms. The number of nitrogens with zero attached hydrogens (tertiary/aromatic N) is 3. The minimum atomic E-state index is -4.33. The first-order valence-electron chi connectivity index (χ1n) is 5.69. The standard InChI is InChI=1S/C12H13ClF3N3/c1-11(2,3)7-4-8(13)19-10(5-7)17-9(18-19)6-12(14,15)16/h4-5H,6H2,1-3H3. The molecule has 0 amide bonds. The van der Waals surface area contributed by atoms with Gasteiger partial charge >= 0.3 is 6.18 Å². The van der Waals surface area contributed by atoms with Gasteiger partial charge in [0.1, 0.15) is 11.6 Å². The van der Waals surface area contributed by atoms with E-state index in [-0.39, 0.29) is 16.4 Å². The molecule has 2 aromatic rings. The number of fused-ring (bicyclic) bond motifs is 1. The molecule has 0 saturated carbocycles. The fraction of sp³-hybridized carbons (Fsp3) is 0.500. The van der Waals surface area contributed by atoms with Crippen molar-refractivity contribution in [2.75, 3.05) is 0 Å². The third-order valence-corrected chi connectivity index (χ3v) is 2.93. The lowest BCUT2D eigenvalue weighted by atomic mass is 9.88. The highest BCUT2D eigenvalue weighted by atomic mass is 35.5. The molecule has 0 saturated heterocycles. The van der Waals surface area contributed by atoms with Crippen LogP contribution in [-0.4, -0.2) is 20.8 Å². The molecule has 0 unspecified atom stereocenters. The second-order valence-electron chi connectivity index (χ2n) is 5.41. The van der Waals surface area contributed by atoms with Crippen molar-refractivity contribution in [1.29, 1.82) is 0 Å². The fourth-order valence-corrected chi connectivity index (χ4v) is 1.92. The van der Waals surface area contributed by atoms with E-state index in [0.717, 1.165) is 5.56 Å². The van der Waals surface area contributed by atoms with Crippen LogP contribution in [-0.2, 0) is 11.8 Å². The van der Waals surface area contributed by atoms with Gasteiger partial charge in [-0.15, -0.1) is 5.10 Å². The maximum atomic E-state index is 12.3. The summed E-state index contributed by atoms with van der Waals surface area (Å²) in [6.45, 7) is 5.96. The van der Waals surface area contributed by atoms with Gasteiger partial charge in [0.15, 0.2) is 11.5 Å². The van der Waals surface area contributed by atoms with Gasteiger partial charge in [0.25, 0.3) is 0 Å². The summed E-state index contributed by atoms with van der Waals surface area (Å²) in [6.07, 6.45) is -5.49. The highest BCUT2D eigenvalue weighted by molar-refractivity contribution is 6.29. The van der Waals surface area contributed by atoms with E-state index in [1.165, 1.54) is 4.52 Å². The zero-order chi connectivity index (χ0) is 14.4. The first-order chi connectivity index (χ1) is 8.56. The Bertz CT molecular complexity index is 611. The highest BCUT2D eigenvalue weighted by Crippen LogP contribution is 2.27. The fourth-order valence-electron chi connectivity index (χ4n) is 1.68. The van der Waals surface area contributed by atoms with Gasteiger partial charge in [-0.2, -0.15) is 13.2 Å². The lowest BCUT2D eigenvalue weighted by molar-refractivity contribution is -0.128. The minimum Gasteiger partial charge on any atom is -0.211 e. The predicted octanol–water partition coefficient (Wildman–Crippen LogP) is 3.79. The van der Waals surface area contributed by atoms with Gasteiger partial charge in [-0.25, -0.2) is 9.50 Å². The van der Waals surface area contributed by atoms with Crippen LogP contribution < -0.4 is 0 Å². The zero-order valence-corrected chi connectivity index (χ0v) is 11.5. The second-order valence-corrected chi connectivity index (χ2v) is 5.79. The van der Waals surface area contributed by atoms with E-state index in [1.807, 2.05) is 20.8 Å². The van der Waals surface area contributed by atoms with Crippen molar-refractivity contribution in [1.82, 2.24) is 14.6 Å². The van der Waals surface area contributed by atoms with Gasteiger partial charge in [0.2, 0.25) is 0 Å². The second kappa shape index (κ2) is 4.37. The van der Waals surface area contributed by atoms with Crippen LogP contribution in [0.25, 0.3) is 5.65 Å². The zero-order valence-electron chi connectivity index (χ0n) is 10.7. The Morgan fingerprint density at radius 2 is 1.84 bits per heavy atom. The normalized spacial score (nSPS) is 13.2. The Hall–Kier alpha value is -1.30. The topological polar surface area (TPSA) is 30.2 Å². The molecule has 3 nitrogen and oxygen atoms in total. The van der Waals surface area contributed by atoms with Crippen LogP contribution in [0, 0.1) is 0 Å². The Morgan fingerprint density at radius 1 is 1.21 bits per heavy atom. The number of pyridine rings is 1. The van der Waals surface area contributed by atoms with Crippen molar-refractivity contribution >= 4 is 17.2 Å². The average Bonchev–Trinajstić information content (AvgIpc) is 2.56. The van der Waals surface area contributed by atoms with E-state index in [4.69, 9.17) is 11.6 Å². The molecule has 0 radical (unpaired) electrons. The molecular weight excluding hydrogens is 279 g/mol. The largest absolute Gasteiger partial charge is 0.396 e. The summed E-state index contributed by atoms with van der Waals surface area (Å²) < 4.78 is 38.2. The number of halogens is 4. The summed E-state index contributed by atoms with van der Waals surface area (Å²) in [5, 5.41) is 4.03. The lowest BCUT2D eigenvalue weighted by Gasteiger charge is -2.19. The van der Waals surface area contributed by atoms with E-state index in [1.54, 1.807) is 12.1 Å². The Balaban J connectivity index is 2.51. The monoisotopic (exact) mass is 291 g/mol. The highest BCUT2D eigenvalue weighted by Gasteiger charge is 2.30. The summed E-state index contributed by atoms with van der Waals surface area (Å²) in [5.74, 6) is -0.277. The number of alkyl halides is 3. The summed E-state index contributed by atoms with van der Waals surface area (Å²) in [6, 6.07) is 3.40. The Kier molecular flexibility index (Phi) is 3.24. The maximum absolute atomic E-state index is 12.3. The Labute approximate surface area is 113 Å². The van der Waals surface area contributed by atoms with Crippen LogP contribution in [0.4, 0.5) is 13.2 Å². The van der Waals surface area contributed by atoms with Crippen LogP contribution in [0.2, 0.25) is 5.15 Å². The van der Waals surface area contributed by atoms with E-state index in [2.05, 4.69) is 10.1 Å². The molecule has 0 aliphatic carbocycles. The molecule has 2 heterocycles. The lowest BCUT2D eigenvalue weighted by Crippen LogP contribution is -2.12. The molecule has 0 aromatic carbocycles.